The van der Waals surface area contributed by atoms with E-state index in [1.165, 1.54) is 0 Å². The Bertz CT molecular complexity index is 489. The normalized spacial score (nSPS) is 14.0. The van der Waals surface area contributed by atoms with E-state index in [0.29, 0.717) is 29.8 Å². The maximum Gasteiger partial charge on any atom is 0.256 e. The molecule has 0 aliphatic heterocycles. The lowest BCUT2D eigenvalue weighted by Gasteiger charge is -2.23. The van der Waals surface area contributed by atoms with Crippen molar-refractivity contribution in [3.05, 3.63) is 28.8 Å². The van der Waals surface area contributed by atoms with Gasteiger partial charge in [-0.25, -0.2) is 0 Å². The number of benzene rings is 1. The summed E-state index contributed by atoms with van der Waals surface area (Å²) >= 11 is 6.08. The van der Waals surface area contributed by atoms with E-state index in [2.05, 4.69) is 12.2 Å². The fourth-order valence-electron chi connectivity index (χ4n) is 2.29. The maximum atomic E-state index is 12.8. The molecule has 0 aromatic heterocycles. The quantitative estimate of drug-likeness (QED) is 0.800. The number of rotatable bonds is 8. The molecule has 1 aromatic carbocycles. The molecule has 1 aliphatic carbocycles. The van der Waals surface area contributed by atoms with Crippen LogP contribution in [0.2, 0.25) is 5.02 Å². The average Bonchev–Trinajstić information content (AvgIpc) is 3.31. The Morgan fingerprint density at radius 2 is 2.24 bits per heavy atom. The van der Waals surface area contributed by atoms with Crippen molar-refractivity contribution in [2.24, 2.45) is 0 Å². The number of anilines is 1. The fourth-order valence-corrected chi connectivity index (χ4v) is 2.46. The molecule has 5 heteroatoms. The summed E-state index contributed by atoms with van der Waals surface area (Å²) in [5.41, 5.74) is 1.51. The molecular weight excluding hydrogens is 288 g/mol. The third-order valence-corrected chi connectivity index (χ3v) is 3.80. The summed E-state index contributed by atoms with van der Waals surface area (Å²) in [4.78, 5) is 14.7. The predicted octanol–water partition coefficient (Wildman–Crippen LogP) is 3.41. The zero-order valence-electron chi connectivity index (χ0n) is 12.7. The number of amides is 1. The van der Waals surface area contributed by atoms with Gasteiger partial charge in [0.1, 0.15) is 0 Å². The second-order valence-electron chi connectivity index (χ2n) is 5.34. The number of carbonyl (C=O) groups excluding carboxylic acids is 1. The molecule has 2 rings (SSSR count). The van der Waals surface area contributed by atoms with Crippen LogP contribution in [0, 0.1) is 0 Å². The molecule has 1 aromatic rings. The average molecular weight is 311 g/mol. The van der Waals surface area contributed by atoms with Crippen molar-refractivity contribution in [3.63, 3.8) is 0 Å². The van der Waals surface area contributed by atoms with Crippen LogP contribution in [-0.2, 0) is 4.74 Å². The molecule has 1 saturated carbocycles. The van der Waals surface area contributed by atoms with Crippen LogP contribution in [0.3, 0.4) is 0 Å². The van der Waals surface area contributed by atoms with E-state index in [1.807, 2.05) is 17.0 Å². The Kier molecular flexibility index (Phi) is 5.88. The van der Waals surface area contributed by atoms with Crippen molar-refractivity contribution in [2.75, 3.05) is 32.1 Å². The minimum Gasteiger partial charge on any atom is -0.384 e. The molecule has 0 radical (unpaired) electrons. The van der Waals surface area contributed by atoms with Gasteiger partial charge in [0.15, 0.2) is 0 Å². The number of nitrogens with one attached hydrogen (secondary N) is 1. The molecule has 0 unspecified atom stereocenters. The van der Waals surface area contributed by atoms with Crippen LogP contribution in [0.4, 0.5) is 5.69 Å². The van der Waals surface area contributed by atoms with Crippen LogP contribution in [0.5, 0.6) is 0 Å². The van der Waals surface area contributed by atoms with Gasteiger partial charge in [-0.3, -0.25) is 4.79 Å². The lowest BCUT2D eigenvalue weighted by Crippen LogP contribution is -2.36. The largest absolute Gasteiger partial charge is 0.384 e. The van der Waals surface area contributed by atoms with E-state index in [-0.39, 0.29) is 5.91 Å². The predicted molar refractivity (Wildman–Crippen MR) is 86.2 cm³/mol. The maximum absolute atomic E-state index is 12.8. The first-order valence-corrected chi connectivity index (χ1v) is 7.88. The Labute approximate surface area is 131 Å². The number of methoxy groups -OCH3 is 1. The van der Waals surface area contributed by atoms with Gasteiger partial charge in [0, 0.05) is 37.0 Å². The van der Waals surface area contributed by atoms with Gasteiger partial charge in [0.05, 0.1) is 12.2 Å². The Balaban J connectivity index is 2.20. The zero-order chi connectivity index (χ0) is 15.2. The van der Waals surface area contributed by atoms with Gasteiger partial charge in [-0.05, 0) is 37.5 Å². The lowest BCUT2D eigenvalue weighted by atomic mass is 10.1. The van der Waals surface area contributed by atoms with Gasteiger partial charge in [-0.2, -0.15) is 0 Å². The number of nitrogens with zero attached hydrogens (tertiary/aromatic N) is 1. The highest BCUT2D eigenvalue weighted by molar-refractivity contribution is 6.31. The van der Waals surface area contributed by atoms with Crippen LogP contribution >= 0.6 is 11.6 Å². The number of halogens is 1. The smallest absolute Gasteiger partial charge is 0.256 e. The number of hydrogen-bond donors (Lipinski definition) is 1. The summed E-state index contributed by atoms with van der Waals surface area (Å²) in [7, 11) is 1.66. The summed E-state index contributed by atoms with van der Waals surface area (Å²) in [6.45, 7) is 4.11. The Hall–Kier alpha value is -1.26. The van der Waals surface area contributed by atoms with Gasteiger partial charge in [0.25, 0.3) is 5.91 Å². The standard InChI is InChI=1S/C16H23ClN2O2/c1-3-8-18-15-7-4-12(17)11-14(15)16(20)19(9-10-21-2)13-5-6-13/h4,7,11,13,18H,3,5-6,8-10H2,1-2H3. The SMILES string of the molecule is CCCNc1ccc(Cl)cc1C(=O)N(CCOC)C1CC1. The van der Waals surface area contributed by atoms with Crippen molar-refractivity contribution in [3.8, 4) is 0 Å². The lowest BCUT2D eigenvalue weighted by molar-refractivity contribution is 0.0681. The second kappa shape index (κ2) is 7.66. The minimum absolute atomic E-state index is 0.0376. The van der Waals surface area contributed by atoms with Crippen molar-refractivity contribution in [1.29, 1.82) is 0 Å². The van der Waals surface area contributed by atoms with Crippen molar-refractivity contribution < 1.29 is 9.53 Å². The molecule has 0 heterocycles. The van der Waals surface area contributed by atoms with Crippen LogP contribution < -0.4 is 5.32 Å². The number of ether oxygens (including phenoxy) is 1. The van der Waals surface area contributed by atoms with Crippen LogP contribution in [0.15, 0.2) is 18.2 Å². The third-order valence-electron chi connectivity index (χ3n) is 3.56. The van der Waals surface area contributed by atoms with Crippen molar-refractivity contribution in [2.45, 2.75) is 32.2 Å². The summed E-state index contributed by atoms with van der Waals surface area (Å²) in [5.74, 6) is 0.0376. The molecule has 1 aliphatic rings. The molecule has 4 nitrogen and oxygen atoms in total. The molecule has 1 amide bonds. The van der Waals surface area contributed by atoms with Crippen LogP contribution in [0.25, 0.3) is 0 Å². The van der Waals surface area contributed by atoms with Crippen LogP contribution in [0.1, 0.15) is 36.5 Å². The summed E-state index contributed by atoms with van der Waals surface area (Å²) in [6, 6.07) is 5.80. The Morgan fingerprint density at radius 1 is 1.48 bits per heavy atom. The highest BCUT2D eigenvalue weighted by atomic mass is 35.5. The topological polar surface area (TPSA) is 41.6 Å². The van der Waals surface area contributed by atoms with E-state index >= 15 is 0 Å². The van der Waals surface area contributed by atoms with E-state index < -0.39 is 0 Å². The zero-order valence-corrected chi connectivity index (χ0v) is 13.4. The van der Waals surface area contributed by atoms with E-state index in [4.69, 9.17) is 16.3 Å². The molecular formula is C16H23ClN2O2. The molecule has 21 heavy (non-hydrogen) atoms. The fraction of sp³-hybridized carbons (Fsp3) is 0.562. The minimum atomic E-state index is 0.0376. The third kappa shape index (κ3) is 4.35. The molecule has 0 bridgehead atoms. The number of hydrogen-bond acceptors (Lipinski definition) is 3. The van der Waals surface area contributed by atoms with Gasteiger partial charge < -0.3 is 15.0 Å². The monoisotopic (exact) mass is 310 g/mol. The summed E-state index contributed by atoms with van der Waals surface area (Å²) in [5, 5.41) is 3.89. The van der Waals surface area contributed by atoms with E-state index in [0.717, 1.165) is 31.5 Å². The van der Waals surface area contributed by atoms with Gasteiger partial charge in [0.2, 0.25) is 0 Å². The van der Waals surface area contributed by atoms with Crippen molar-refractivity contribution in [1.82, 2.24) is 4.90 Å². The molecule has 0 atom stereocenters. The molecule has 0 saturated heterocycles. The van der Waals surface area contributed by atoms with Crippen LogP contribution in [-0.4, -0.2) is 43.7 Å². The second-order valence-corrected chi connectivity index (χ2v) is 5.78. The molecule has 116 valence electrons. The van der Waals surface area contributed by atoms with Gasteiger partial charge in [-0.15, -0.1) is 0 Å². The highest BCUT2D eigenvalue weighted by Gasteiger charge is 2.33. The summed E-state index contributed by atoms with van der Waals surface area (Å²) in [6.07, 6.45) is 3.16. The summed E-state index contributed by atoms with van der Waals surface area (Å²) < 4.78 is 5.12. The van der Waals surface area contributed by atoms with Gasteiger partial charge in [-0.1, -0.05) is 18.5 Å². The molecule has 0 spiro atoms. The first-order chi connectivity index (χ1) is 10.2. The number of carbonyl (C=O) groups is 1. The Morgan fingerprint density at radius 3 is 2.86 bits per heavy atom. The van der Waals surface area contributed by atoms with Crippen molar-refractivity contribution >= 4 is 23.2 Å². The van der Waals surface area contributed by atoms with E-state index in [9.17, 15) is 4.79 Å². The molecule has 1 fully saturated rings. The first-order valence-electron chi connectivity index (χ1n) is 7.50. The van der Waals surface area contributed by atoms with Gasteiger partial charge >= 0.3 is 0 Å². The first kappa shape index (κ1) is 16.1. The highest BCUT2D eigenvalue weighted by Crippen LogP contribution is 2.30. The van der Waals surface area contributed by atoms with E-state index in [1.54, 1.807) is 13.2 Å². The molecule has 1 N–H and O–H groups in total.